The molecule has 0 aliphatic carbocycles. The first-order chi connectivity index (χ1) is 11.7. The van der Waals surface area contributed by atoms with Gasteiger partial charge in [0, 0.05) is 11.0 Å². The molecule has 0 saturated heterocycles. The molecule has 1 amide bonds. The highest BCUT2D eigenvalue weighted by Crippen LogP contribution is 2.21. The Morgan fingerprint density at radius 1 is 1.25 bits per heavy atom. The summed E-state index contributed by atoms with van der Waals surface area (Å²) in [6, 6.07) is 15.6. The molecule has 0 aliphatic heterocycles. The van der Waals surface area contributed by atoms with Gasteiger partial charge in [-0.1, -0.05) is 47.1 Å². The third-order valence-electron chi connectivity index (χ3n) is 3.58. The third kappa shape index (κ3) is 3.74. The second-order valence-electron chi connectivity index (χ2n) is 5.47. The van der Waals surface area contributed by atoms with E-state index >= 15 is 0 Å². The molecule has 0 radical (unpaired) electrons. The number of amides is 1. The molecule has 4 nitrogen and oxygen atoms in total. The summed E-state index contributed by atoms with van der Waals surface area (Å²) in [6.45, 7) is 2.66. The number of carbonyl (C=O) groups is 1. The van der Waals surface area contributed by atoms with Crippen molar-refractivity contribution in [2.75, 3.05) is 6.54 Å². The van der Waals surface area contributed by atoms with Crippen molar-refractivity contribution in [3.8, 4) is 0 Å². The van der Waals surface area contributed by atoms with E-state index in [9.17, 15) is 4.79 Å². The molecule has 5 heteroatoms. The number of benzene rings is 2. The van der Waals surface area contributed by atoms with Crippen LogP contribution in [0.2, 0.25) is 0 Å². The molecule has 122 valence electrons. The van der Waals surface area contributed by atoms with E-state index in [4.69, 9.17) is 0 Å². The Balaban J connectivity index is 2.05. The molecule has 0 fully saturated rings. The summed E-state index contributed by atoms with van der Waals surface area (Å²) in [4.78, 5) is 20.4. The van der Waals surface area contributed by atoms with Gasteiger partial charge < -0.3 is 10.3 Å². The maximum Gasteiger partial charge on any atom is 0.255 e. The van der Waals surface area contributed by atoms with Gasteiger partial charge in [0.2, 0.25) is 0 Å². The summed E-state index contributed by atoms with van der Waals surface area (Å²) in [5, 5.41) is 2.93. The quantitative estimate of drug-likeness (QED) is 0.641. The fourth-order valence-electron chi connectivity index (χ4n) is 2.42. The average Bonchev–Trinajstić information content (AvgIpc) is 3.01. The van der Waals surface area contributed by atoms with Gasteiger partial charge in [-0.2, -0.15) is 0 Å². The van der Waals surface area contributed by atoms with E-state index < -0.39 is 0 Å². The third-order valence-corrected chi connectivity index (χ3v) is 4.08. The Morgan fingerprint density at radius 3 is 2.83 bits per heavy atom. The van der Waals surface area contributed by atoms with Gasteiger partial charge in [-0.05, 0) is 42.3 Å². The number of aromatic nitrogens is 2. The fourth-order valence-corrected chi connectivity index (χ4v) is 2.84. The highest BCUT2D eigenvalue weighted by Gasteiger charge is 2.16. The van der Waals surface area contributed by atoms with E-state index in [1.165, 1.54) is 0 Å². The van der Waals surface area contributed by atoms with E-state index in [0.717, 1.165) is 27.5 Å². The Hall–Kier alpha value is -2.40. The molecule has 0 bridgehead atoms. The van der Waals surface area contributed by atoms with E-state index in [-0.39, 0.29) is 5.91 Å². The molecule has 0 unspecified atom stereocenters. The Morgan fingerprint density at radius 2 is 2.08 bits per heavy atom. The van der Waals surface area contributed by atoms with E-state index in [2.05, 4.69) is 31.2 Å². The molecule has 0 atom stereocenters. The molecule has 2 N–H and O–H groups in total. The van der Waals surface area contributed by atoms with Crippen LogP contribution in [-0.4, -0.2) is 22.4 Å². The van der Waals surface area contributed by atoms with E-state index in [0.29, 0.717) is 17.9 Å². The molecule has 1 aromatic heterocycles. The lowest BCUT2D eigenvalue weighted by Gasteiger charge is -2.06. The molecule has 3 rings (SSSR count). The van der Waals surface area contributed by atoms with Crippen LogP contribution in [0.5, 0.6) is 0 Å². The smallest absolute Gasteiger partial charge is 0.255 e. The second kappa shape index (κ2) is 7.45. The zero-order valence-corrected chi connectivity index (χ0v) is 14.9. The van der Waals surface area contributed by atoms with E-state index in [1.807, 2.05) is 61.5 Å². The minimum Gasteiger partial charge on any atom is -0.352 e. The van der Waals surface area contributed by atoms with Crippen molar-refractivity contribution in [3.05, 3.63) is 64.4 Å². The monoisotopic (exact) mass is 383 g/mol. The summed E-state index contributed by atoms with van der Waals surface area (Å²) in [7, 11) is 0. The molecule has 2 aromatic carbocycles. The number of carbonyl (C=O) groups excluding carboxylic acids is 1. The fraction of sp³-hybridized carbons (Fsp3) is 0.158. The topological polar surface area (TPSA) is 57.8 Å². The second-order valence-corrected chi connectivity index (χ2v) is 6.39. The summed E-state index contributed by atoms with van der Waals surface area (Å²) >= 11 is 3.46. The molecule has 1 heterocycles. The number of imidazole rings is 1. The molecule has 3 aromatic rings. The molecular weight excluding hydrogens is 366 g/mol. The largest absolute Gasteiger partial charge is 0.352 e. The summed E-state index contributed by atoms with van der Waals surface area (Å²) in [5.74, 6) is 0.445. The first kappa shape index (κ1) is 16.5. The lowest BCUT2D eigenvalue weighted by Crippen LogP contribution is -2.25. The van der Waals surface area contributed by atoms with Crippen LogP contribution in [-0.2, 0) is 4.79 Å². The number of hydrogen-bond donors (Lipinski definition) is 2. The van der Waals surface area contributed by atoms with Gasteiger partial charge in [0.15, 0.2) is 0 Å². The number of rotatable bonds is 5. The number of halogens is 1. The molecular formula is C19H18BrN3O. The molecule has 0 saturated carbocycles. The first-order valence-corrected chi connectivity index (χ1v) is 8.67. The number of nitrogens with one attached hydrogen (secondary N) is 2. The maximum atomic E-state index is 12.6. The van der Waals surface area contributed by atoms with Gasteiger partial charge in [0.25, 0.3) is 5.91 Å². The number of nitrogens with zero attached hydrogens (tertiary/aromatic N) is 1. The number of aromatic amines is 1. The van der Waals surface area contributed by atoms with Crippen molar-refractivity contribution in [2.45, 2.75) is 13.3 Å². The van der Waals surface area contributed by atoms with Crippen LogP contribution in [0.1, 0.15) is 24.7 Å². The van der Waals surface area contributed by atoms with Crippen LogP contribution in [0.15, 0.2) is 53.0 Å². The Bertz CT molecular complexity index is 865. The number of fused-ring (bicyclic) bond motifs is 1. The Labute approximate surface area is 149 Å². The van der Waals surface area contributed by atoms with Crippen LogP contribution in [0.4, 0.5) is 0 Å². The number of H-pyrrole nitrogens is 1. The summed E-state index contributed by atoms with van der Waals surface area (Å²) in [6.07, 6.45) is 2.74. The van der Waals surface area contributed by atoms with Gasteiger partial charge in [0.1, 0.15) is 5.82 Å². The number of hydrogen-bond acceptors (Lipinski definition) is 2. The summed E-state index contributed by atoms with van der Waals surface area (Å²) in [5.41, 5.74) is 3.22. The molecule has 24 heavy (non-hydrogen) atoms. The minimum atomic E-state index is -0.129. The highest BCUT2D eigenvalue weighted by molar-refractivity contribution is 9.10. The average molecular weight is 384 g/mol. The normalized spacial score (nSPS) is 11.7. The van der Waals surface area contributed by atoms with E-state index in [1.54, 1.807) is 0 Å². The van der Waals surface area contributed by atoms with Crippen LogP contribution in [0, 0.1) is 0 Å². The SMILES string of the molecule is CCCNC(=O)C(=Cc1cccc(Br)c1)c1nc2ccccc2[nH]1. The summed E-state index contributed by atoms with van der Waals surface area (Å²) < 4.78 is 0.967. The van der Waals surface area contributed by atoms with Crippen LogP contribution in [0.25, 0.3) is 22.7 Å². The van der Waals surface area contributed by atoms with Crippen molar-refractivity contribution < 1.29 is 4.79 Å². The van der Waals surface area contributed by atoms with Crippen molar-refractivity contribution in [1.82, 2.24) is 15.3 Å². The van der Waals surface area contributed by atoms with Crippen LogP contribution >= 0.6 is 15.9 Å². The van der Waals surface area contributed by atoms with Gasteiger partial charge in [-0.3, -0.25) is 4.79 Å². The van der Waals surface area contributed by atoms with Gasteiger partial charge in [-0.25, -0.2) is 4.98 Å². The zero-order valence-electron chi connectivity index (χ0n) is 13.3. The van der Waals surface area contributed by atoms with Crippen molar-refractivity contribution in [2.24, 2.45) is 0 Å². The highest BCUT2D eigenvalue weighted by atomic mass is 79.9. The Kier molecular flexibility index (Phi) is 5.11. The molecule has 0 spiro atoms. The number of para-hydroxylation sites is 2. The van der Waals surface area contributed by atoms with Gasteiger partial charge in [0.05, 0.1) is 16.6 Å². The molecule has 0 aliphatic rings. The standard InChI is InChI=1S/C19H18BrN3O/c1-2-10-21-19(24)15(12-13-6-5-7-14(20)11-13)18-22-16-8-3-4-9-17(16)23-18/h3-9,11-12H,2,10H2,1H3,(H,21,24)(H,22,23). The lowest BCUT2D eigenvalue weighted by molar-refractivity contribution is -0.115. The predicted molar refractivity (Wildman–Crippen MR) is 101 cm³/mol. The lowest BCUT2D eigenvalue weighted by atomic mass is 10.1. The maximum absolute atomic E-state index is 12.6. The zero-order chi connectivity index (χ0) is 16.9. The van der Waals surface area contributed by atoms with Crippen molar-refractivity contribution in [1.29, 1.82) is 0 Å². The van der Waals surface area contributed by atoms with Crippen LogP contribution in [0.3, 0.4) is 0 Å². The van der Waals surface area contributed by atoms with Crippen molar-refractivity contribution in [3.63, 3.8) is 0 Å². The predicted octanol–water partition coefficient (Wildman–Crippen LogP) is 4.39. The first-order valence-electron chi connectivity index (χ1n) is 7.88. The van der Waals surface area contributed by atoms with Gasteiger partial charge >= 0.3 is 0 Å². The minimum absolute atomic E-state index is 0.129. The van der Waals surface area contributed by atoms with Crippen LogP contribution < -0.4 is 5.32 Å². The van der Waals surface area contributed by atoms with Gasteiger partial charge in [-0.15, -0.1) is 0 Å². The van der Waals surface area contributed by atoms with Crippen molar-refractivity contribution >= 4 is 44.5 Å².